The summed E-state index contributed by atoms with van der Waals surface area (Å²) in [6, 6.07) is 21.7. The fourth-order valence-corrected chi connectivity index (χ4v) is 8.32. The number of sulfonamides is 1. The van der Waals surface area contributed by atoms with E-state index in [9.17, 15) is 27.9 Å². The summed E-state index contributed by atoms with van der Waals surface area (Å²) in [5.41, 5.74) is 2.78. The zero-order valence-corrected chi connectivity index (χ0v) is 31.8. The fourth-order valence-electron chi connectivity index (χ4n) is 6.70. The monoisotopic (exact) mass is 756 g/mol. The van der Waals surface area contributed by atoms with Gasteiger partial charge in [-0.05, 0) is 59.2 Å². The van der Waals surface area contributed by atoms with Gasteiger partial charge < -0.3 is 20.5 Å². The van der Waals surface area contributed by atoms with Crippen LogP contribution in [0.3, 0.4) is 0 Å². The van der Waals surface area contributed by atoms with Gasteiger partial charge in [-0.15, -0.1) is 0 Å². The van der Waals surface area contributed by atoms with Crippen molar-refractivity contribution in [2.45, 2.75) is 70.2 Å². The zero-order valence-electron chi connectivity index (χ0n) is 30.9. The average molecular weight is 757 g/mol. The molecule has 54 heavy (non-hydrogen) atoms. The molecule has 4 aromatic rings. The quantitative estimate of drug-likeness (QED) is 0.0604. The van der Waals surface area contributed by atoms with E-state index in [1.165, 1.54) is 39.7 Å². The van der Waals surface area contributed by atoms with Crippen LogP contribution in [0.4, 0.5) is 4.79 Å². The second kappa shape index (κ2) is 17.8. The number of pyridine rings is 1. The van der Waals surface area contributed by atoms with Gasteiger partial charge in [0.2, 0.25) is 15.9 Å². The van der Waals surface area contributed by atoms with Crippen LogP contribution in [0.1, 0.15) is 50.8 Å². The second-order valence-corrected chi connectivity index (χ2v) is 16.0. The molecule has 5 rings (SSSR count). The Morgan fingerprint density at radius 1 is 0.981 bits per heavy atom. The predicted molar refractivity (Wildman–Crippen MR) is 205 cm³/mol. The highest BCUT2D eigenvalue weighted by molar-refractivity contribution is 7.89. The summed E-state index contributed by atoms with van der Waals surface area (Å²) in [6.45, 7) is 6.93. The highest BCUT2D eigenvalue weighted by Gasteiger charge is 2.45. The molecule has 0 bridgehead atoms. The lowest BCUT2D eigenvalue weighted by Gasteiger charge is -2.34. The normalized spacial score (nSPS) is 16.1. The van der Waals surface area contributed by atoms with Crippen LogP contribution in [-0.4, -0.2) is 99.7 Å². The number of amides is 4. The lowest BCUT2D eigenvalue weighted by Crippen LogP contribution is -2.57. The van der Waals surface area contributed by atoms with Crippen molar-refractivity contribution in [2.24, 2.45) is 17.0 Å². The van der Waals surface area contributed by atoms with Crippen LogP contribution in [0.2, 0.25) is 0 Å². The Morgan fingerprint density at radius 3 is 2.33 bits per heavy atom. The number of nitrogens with zero attached hydrogens (tertiary/aromatic N) is 5. The number of hydrogen-bond donors (Lipinski definition) is 3. The maximum absolute atomic E-state index is 14.4. The van der Waals surface area contributed by atoms with E-state index >= 15 is 0 Å². The number of imide groups is 1. The standard InChI is InChI=1S/C40H48N6O7S/c1-5-28(4)38(46-26-37(48)45(40(46)50)24-31-19-20-41-34-14-10-9-13-33(31)34)39(49)43-35(21-29-11-7-6-8-12-29)36(47)25-44(23-27(2)3)54(52,53)32-17-15-30(16-18-32)22-42-51/h6-20,22,27-28,35-36,38,47,51H,5,21,23-26H2,1-4H3,(H,43,49)/b42-22+/t28-,35-,36+,38-/m0/s1. The van der Waals surface area contributed by atoms with E-state index in [0.29, 0.717) is 12.0 Å². The minimum Gasteiger partial charge on any atom is -0.411 e. The Kier molecular flexibility index (Phi) is 13.2. The molecule has 13 nitrogen and oxygen atoms in total. The SMILES string of the molecule is CC[C@H](C)[C@@H](C(=O)N[C@@H](Cc1ccccc1)[C@H](O)CN(CC(C)C)S(=O)(=O)c1ccc(/C=N/O)cc1)N1CC(=O)N(Cc2ccnc3ccccc23)C1=O. The lowest BCUT2D eigenvalue weighted by molar-refractivity contribution is -0.129. The van der Waals surface area contributed by atoms with E-state index in [1.54, 1.807) is 12.3 Å². The molecule has 0 aliphatic carbocycles. The van der Waals surface area contributed by atoms with Gasteiger partial charge in [0.05, 0.1) is 35.3 Å². The molecule has 1 fully saturated rings. The van der Waals surface area contributed by atoms with Crippen LogP contribution in [0, 0.1) is 11.8 Å². The number of urea groups is 1. The Labute approximate surface area is 316 Å². The van der Waals surface area contributed by atoms with Crippen molar-refractivity contribution in [3.05, 3.63) is 108 Å². The first-order valence-electron chi connectivity index (χ1n) is 18.1. The number of carbonyl (C=O) groups is 3. The van der Waals surface area contributed by atoms with E-state index < -0.39 is 46.1 Å². The largest absolute Gasteiger partial charge is 0.411 e. The number of carbonyl (C=O) groups excluding carboxylic acids is 3. The first kappa shape index (κ1) is 40.0. The Balaban J connectivity index is 1.41. The predicted octanol–water partition coefficient (Wildman–Crippen LogP) is 4.66. The molecule has 4 atom stereocenters. The van der Waals surface area contributed by atoms with E-state index in [1.807, 2.05) is 82.3 Å². The molecule has 3 aromatic carbocycles. The summed E-state index contributed by atoms with van der Waals surface area (Å²) < 4.78 is 29.1. The molecule has 14 heteroatoms. The van der Waals surface area contributed by atoms with E-state index in [-0.39, 0.29) is 49.3 Å². The summed E-state index contributed by atoms with van der Waals surface area (Å²) in [5.74, 6) is -1.46. The molecule has 0 spiro atoms. The molecule has 1 saturated heterocycles. The average Bonchev–Trinajstić information content (AvgIpc) is 3.42. The Hall–Kier alpha value is -5.18. The van der Waals surface area contributed by atoms with Crippen LogP contribution < -0.4 is 5.32 Å². The highest BCUT2D eigenvalue weighted by Crippen LogP contribution is 2.26. The van der Waals surface area contributed by atoms with Gasteiger partial charge in [0.1, 0.15) is 12.6 Å². The maximum Gasteiger partial charge on any atom is 0.328 e. The molecule has 0 saturated carbocycles. The van der Waals surface area contributed by atoms with Gasteiger partial charge in [-0.1, -0.05) is 99.9 Å². The topological polar surface area (TPSA) is 173 Å². The van der Waals surface area contributed by atoms with Gasteiger partial charge in [-0.25, -0.2) is 13.2 Å². The number of hydrogen-bond acceptors (Lipinski definition) is 9. The van der Waals surface area contributed by atoms with E-state index in [0.717, 1.165) is 26.9 Å². The van der Waals surface area contributed by atoms with Gasteiger partial charge in [0.15, 0.2) is 0 Å². The van der Waals surface area contributed by atoms with Gasteiger partial charge in [-0.3, -0.25) is 19.5 Å². The van der Waals surface area contributed by atoms with Crippen molar-refractivity contribution in [3.63, 3.8) is 0 Å². The number of nitrogens with one attached hydrogen (secondary N) is 1. The van der Waals surface area contributed by atoms with Gasteiger partial charge >= 0.3 is 6.03 Å². The van der Waals surface area contributed by atoms with Crippen molar-refractivity contribution < 1.29 is 33.1 Å². The summed E-state index contributed by atoms with van der Waals surface area (Å²) in [6.07, 6.45) is 2.13. The number of rotatable bonds is 17. The summed E-state index contributed by atoms with van der Waals surface area (Å²) in [4.78, 5) is 48.6. The van der Waals surface area contributed by atoms with Crippen molar-refractivity contribution in [3.8, 4) is 0 Å². The molecule has 1 aliphatic rings. The molecule has 1 aliphatic heterocycles. The lowest BCUT2D eigenvalue weighted by atomic mass is 9.95. The first-order chi connectivity index (χ1) is 25.8. The second-order valence-electron chi connectivity index (χ2n) is 14.1. The molecular weight excluding hydrogens is 709 g/mol. The van der Waals surface area contributed by atoms with E-state index in [2.05, 4.69) is 15.5 Å². The van der Waals surface area contributed by atoms with Crippen LogP contribution >= 0.6 is 0 Å². The molecule has 1 aromatic heterocycles. The number of oxime groups is 1. The smallest absolute Gasteiger partial charge is 0.328 e. The maximum atomic E-state index is 14.4. The third-order valence-corrected chi connectivity index (χ3v) is 11.6. The van der Waals surface area contributed by atoms with Crippen LogP contribution in [0.15, 0.2) is 101 Å². The zero-order chi connectivity index (χ0) is 39.0. The third-order valence-electron chi connectivity index (χ3n) is 9.71. The van der Waals surface area contributed by atoms with Crippen molar-refractivity contribution in [1.29, 1.82) is 0 Å². The summed E-state index contributed by atoms with van der Waals surface area (Å²) in [5, 5.41) is 27.5. The van der Waals surface area contributed by atoms with Crippen molar-refractivity contribution in [2.75, 3.05) is 19.6 Å². The number of aliphatic hydroxyl groups is 1. The van der Waals surface area contributed by atoms with Crippen LogP contribution in [-0.2, 0) is 32.6 Å². The fraction of sp³-hybridized carbons (Fsp3) is 0.375. The first-order valence-corrected chi connectivity index (χ1v) is 19.5. The highest BCUT2D eigenvalue weighted by atomic mass is 32.2. The molecule has 0 unspecified atom stereocenters. The number of benzene rings is 3. The number of para-hydroxylation sites is 1. The van der Waals surface area contributed by atoms with Crippen LogP contribution in [0.25, 0.3) is 10.9 Å². The molecule has 0 radical (unpaired) electrons. The molecule has 3 N–H and O–H groups in total. The van der Waals surface area contributed by atoms with E-state index in [4.69, 9.17) is 5.21 Å². The molecule has 4 amide bonds. The van der Waals surface area contributed by atoms with Gasteiger partial charge in [0.25, 0.3) is 5.91 Å². The Bertz CT molecular complexity index is 2050. The number of aliphatic hydroxyl groups excluding tert-OH is 1. The number of fused-ring (bicyclic) bond motifs is 1. The molecule has 2 heterocycles. The van der Waals surface area contributed by atoms with Gasteiger partial charge in [0, 0.05) is 24.7 Å². The summed E-state index contributed by atoms with van der Waals surface area (Å²) in [7, 11) is -4.11. The third kappa shape index (κ3) is 9.30. The van der Waals surface area contributed by atoms with Crippen molar-refractivity contribution in [1.82, 2.24) is 24.4 Å². The summed E-state index contributed by atoms with van der Waals surface area (Å²) >= 11 is 0. The van der Waals surface area contributed by atoms with Gasteiger partial charge in [-0.2, -0.15) is 4.31 Å². The minimum atomic E-state index is -4.11. The minimum absolute atomic E-state index is 0.00699. The number of aromatic nitrogens is 1. The molecule has 286 valence electrons. The Morgan fingerprint density at radius 2 is 1.67 bits per heavy atom. The molecular formula is C40H48N6O7S. The van der Waals surface area contributed by atoms with Crippen molar-refractivity contribution >= 4 is 45.0 Å². The van der Waals surface area contributed by atoms with Crippen LogP contribution in [0.5, 0.6) is 0 Å².